The molecule has 2 aromatic rings. The summed E-state index contributed by atoms with van der Waals surface area (Å²) in [6.45, 7) is 2.69. The maximum atomic E-state index is 12.9. The maximum absolute atomic E-state index is 12.9. The number of carboxylic acids is 1. The van der Waals surface area contributed by atoms with E-state index in [1.165, 1.54) is 22.3 Å². The molecule has 5 rings (SSSR count). The first-order chi connectivity index (χ1) is 16.9. The third-order valence-electron chi connectivity index (χ3n) is 7.92. The number of carboxylic acid groups (broad SMARTS) is 1. The van der Waals surface area contributed by atoms with Crippen molar-refractivity contribution in [1.82, 2.24) is 10.2 Å². The molecule has 2 N–H and O–H groups in total. The van der Waals surface area contributed by atoms with E-state index in [0.29, 0.717) is 25.8 Å². The molecule has 184 valence electrons. The maximum Gasteiger partial charge on any atom is 0.407 e. The molecule has 0 radical (unpaired) electrons. The van der Waals surface area contributed by atoms with Crippen LogP contribution < -0.4 is 5.32 Å². The predicted octanol–water partition coefficient (Wildman–Crippen LogP) is 4.41. The highest BCUT2D eigenvalue weighted by molar-refractivity contribution is 5.81. The van der Waals surface area contributed by atoms with Gasteiger partial charge in [-0.2, -0.15) is 0 Å². The lowest BCUT2D eigenvalue weighted by molar-refractivity contribution is -0.143. The zero-order valence-corrected chi connectivity index (χ0v) is 20.0. The van der Waals surface area contributed by atoms with Crippen LogP contribution in [0.3, 0.4) is 0 Å². The fraction of sp³-hybridized carbons (Fsp3) is 0.464. The number of hydrogen-bond acceptors (Lipinski definition) is 4. The quantitative estimate of drug-likeness (QED) is 0.589. The Kier molecular flexibility index (Phi) is 6.50. The van der Waals surface area contributed by atoms with Crippen LogP contribution in [0.25, 0.3) is 11.1 Å². The molecule has 2 amide bonds. The summed E-state index contributed by atoms with van der Waals surface area (Å²) in [6.07, 6.45) is 2.83. The van der Waals surface area contributed by atoms with Gasteiger partial charge in [-0.25, -0.2) is 4.79 Å². The van der Waals surface area contributed by atoms with Gasteiger partial charge in [-0.05, 0) is 53.9 Å². The van der Waals surface area contributed by atoms with Gasteiger partial charge >= 0.3 is 12.1 Å². The average Bonchev–Trinajstić information content (AvgIpc) is 3.52. The third kappa shape index (κ3) is 4.51. The molecule has 0 saturated carbocycles. The van der Waals surface area contributed by atoms with Crippen molar-refractivity contribution in [3.63, 3.8) is 0 Å². The number of hydrogen-bond donors (Lipinski definition) is 2. The Hall–Kier alpha value is -3.35. The second-order valence-electron chi connectivity index (χ2n) is 10.1. The molecule has 2 fully saturated rings. The smallest absolute Gasteiger partial charge is 0.407 e. The number of amides is 2. The van der Waals surface area contributed by atoms with Crippen molar-refractivity contribution >= 4 is 18.0 Å². The Morgan fingerprint density at radius 1 is 1.06 bits per heavy atom. The van der Waals surface area contributed by atoms with Gasteiger partial charge in [-0.15, -0.1) is 0 Å². The molecule has 1 unspecified atom stereocenters. The van der Waals surface area contributed by atoms with E-state index in [1.54, 1.807) is 0 Å². The van der Waals surface area contributed by atoms with Crippen LogP contribution in [-0.4, -0.2) is 53.2 Å². The van der Waals surface area contributed by atoms with Gasteiger partial charge in [0.05, 0.1) is 5.92 Å². The number of benzene rings is 2. The summed E-state index contributed by atoms with van der Waals surface area (Å²) in [5, 5.41) is 12.2. The largest absolute Gasteiger partial charge is 0.481 e. The number of nitrogens with zero attached hydrogens (tertiary/aromatic N) is 1. The van der Waals surface area contributed by atoms with Crippen LogP contribution in [0.1, 0.15) is 56.1 Å². The highest BCUT2D eigenvalue weighted by atomic mass is 16.5. The molecule has 0 aromatic heterocycles. The first-order valence-corrected chi connectivity index (χ1v) is 12.6. The van der Waals surface area contributed by atoms with E-state index in [1.807, 2.05) is 36.1 Å². The zero-order chi connectivity index (χ0) is 24.5. The number of aliphatic carboxylic acids is 1. The number of nitrogens with one attached hydrogen (secondary N) is 1. The van der Waals surface area contributed by atoms with Crippen LogP contribution in [0.15, 0.2) is 48.5 Å². The number of carbonyl (C=O) groups excluding carboxylic acids is 2. The SMILES string of the molecule is CC(CCNC(=O)OCC1c2ccccc2-c2ccccc21)CC(=O)N1[C@@H]2CC[C@H]1[C@@H](C(=O)O)C2. The van der Waals surface area contributed by atoms with Gasteiger partial charge in [0.2, 0.25) is 5.91 Å². The molecule has 4 atom stereocenters. The van der Waals surface area contributed by atoms with Gasteiger partial charge in [0, 0.05) is 31.0 Å². The fourth-order valence-electron chi connectivity index (χ4n) is 6.22. The number of rotatable bonds is 8. The molecular weight excluding hydrogens is 444 g/mol. The lowest BCUT2D eigenvalue weighted by atomic mass is 9.89. The van der Waals surface area contributed by atoms with Crippen LogP contribution in [-0.2, 0) is 14.3 Å². The lowest BCUT2D eigenvalue weighted by Crippen LogP contribution is -2.38. The second kappa shape index (κ2) is 9.72. The van der Waals surface area contributed by atoms with Crippen molar-refractivity contribution in [1.29, 1.82) is 0 Å². The van der Waals surface area contributed by atoms with Crippen molar-refractivity contribution in [2.75, 3.05) is 13.2 Å². The van der Waals surface area contributed by atoms with E-state index in [4.69, 9.17) is 4.74 Å². The van der Waals surface area contributed by atoms with Gasteiger partial charge in [0.15, 0.2) is 0 Å². The van der Waals surface area contributed by atoms with Crippen molar-refractivity contribution in [3.8, 4) is 11.1 Å². The molecule has 2 saturated heterocycles. The summed E-state index contributed by atoms with van der Waals surface area (Å²) >= 11 is 0. The van der Waals surface area contributed by atoms with Crippen LogP contribution in [0, 0.1) is 11.8 Å². The zero-order valence-electron chi connectivity index (χ0n) is 20.0. The van der Waals surface area contributed by atoms with Crippen LogP contribution in [0.4, 0.5) is 4.79 Å². The highest BCUT2D eigenvalue weighted by Gasteiger charge is 2.51. The van der Waals surface area contributed by atoms with E-state index in [0.717, 1.165) is 12.8 Å². The molecule has 7 heteroatoms. The minimum atomic E-state index is -0.796. The second-order valence-corrected chi connectivity index (χ2v) is 10.1. The fourth-order valence-corrected chi connectivity index (χ4v) is 6.22. The number of carbonyl (C=O) groups is 3. The normalized spacial score (nSPS) is 23.0. The molecule has 2 bridgehead atoms. The molecule has 1 aliphatic carbocycles. The van der Waals surface area contributed by atoms with Crippen molar-refractivity contribution < 1.29 is 24.2 Å². The summed E-state index contributed by atoms with van der Waals surface area (Å²) in [5.41, 5.74) is 4.73. The minimum absolute atomic E-state index is 0.0233. The summed E-state index contributed by atoms with van der Waals surface area (Å²) in [6, 6.07) is 16.4. The third-order valence-corrected chi connectivity index (χ3v) is 7.92. The van der Waals surface area contributed by atoms with Gasteiger partial charge in [-0.3, -0.25) is 9.59 Å². The Bertz CT molecular complexity index is 1090. The molecule has 35 heavy (non-hydrogen) atoms. The monoisotopic (exact) mass is 476 g/mol. The van der Waals surface area contributed by atoms with E-state index < -0.39 is 18.0 Å². The predicted molar refractivity (Wildman–Crippen MR) is 131 cm³/mol. The molecule has 2 heterocycles. The summed E-state index contributed by atoms with van der Waals surface area (Å²) in [5.74, 6) is -1.08. The topological polar surface area (TPSA) is 95.9 Å². The van der Waals surface area contributed by atoms with Crippen LogP contribution in [0.5, 0.6) is 0 Å². The van der Waals surface area contributed by atoms with Gasteiger partial charge in [0.25, 0.3) is 0 Å². The summed E-state index contributed by atoms with van der Waals surface area (Å²) < 4.78 is 5.57. The van der Waals surface area contributed by atoms with Crippen LogP contribution >= 0.6 is 0 Å². The molecule has 3 aliphatic rings. The number of alkyl carbamates (subject to hydrolysis) is 1. The molecule has 2 aliphatic heterocycles. The Balaban J connectivity index is 1.07. The van der Waals surface area contributed by atoms with Crippen LogP contribution in [0.2, 0.25) is 0 Å². The first-order valence-electron chi connectivity index (χ1n) is 12.6. The molecule has 2 aromatic carbocycles. The Labute approximate surface area is 205 Å². The van der Waals surface area contributed by atoms with E-state index in [-0.39, 0.29) is 36.4 Å². The van der Waals surface area contributed by atoms with E-state index in [2.05, 4.69) is 29.6 Å². The van der Waals surface area contributed by atoms with E-state index >= 15 is 0 Å². The molecule has 7 nitrogen and oxygen atoms in total. The van der Waals surface area contributed by atoms with Crippen molar-refractivity contribution in [2.24, 2.45) is 11.8 Å². The van der Waals surface area contributed by atoms with Crippen molar-refractivity contribution in [3.05, 3.63) is 59.7 Å². The van der Waals surface area contributed by atoms with Gasteiger partial charge < -0.3 is 20.1 Å². The number of ether oxygens (including phenoxy) is 1. The number of fused-ring (bicyclic) bond motifs is 5. The van der Waals surface area contributed by atoms with Gasteiger partial charge in [-0.1, -0.05) is 55.5 Å². The standard InChI is InChI=1S/C28H32N2O5/c1-17(14-26(31)30-18-10-11-25(30)23(15-18)27(32)33)12-13-29-28(34)35-16-24-21-8-4-2-6-19(21)20-7-3-5-9-22(20)24/h2-9,17-18,23-25H,10-16H2,1H3,(H,29,34)(H,32,33)/t17?,18-,23+,25+/m1/s1. The molecular formula is C28H32N2O5. The Morgan fingerprint density at radius 2 is 1.71 bits per heavy atom. The minimum Gasteiger partial charge on any atom is -0.481 e. The molecule has 0 spiro atoms. The average molecular weight is 477 g/mol. The highest BCUT2D eigenvalue weighted by Crippen LogP contribution is 2.44. The lowest BCUT2D eigenvalue weighted by Gasteiger charge is -2.24. The van der Waals surface area contributed by atoms with Crippen molar-refractivity contribution in [2.45, 2.75) is 57.0 Å². The summed E-state index contributed by atoms with van der Waals surface area (Å²) in [4.78, 5) is 38.5. The Morgan fingerprint density at radius 3 is 2.34 bits per heavy atom. The summed E-state index contributed by atoms with van der Waals surface area (Å²) in [7, 11) is 0. The van der Waals surface area contributed by atoms with E-state index in [9.17, 15) is 19.5 Å². The van der Waals surface area contributed by atoms with Gasteiger partial charge in [0.1, 0.15) is 6.61 Å². The first kappa shape index (κ1) is 23.4.